The first-order chi connectivity index (χ1) is 17.1. The Morgan fingerprint density at radius 3 is 1.86 bits per heavy atom. The molecule has 5 aromatic rings. The second-order valence-corrected chi connectivity index (χ2v) is 9.29. The van der Waals surface area contributed by atoms with Crippen LogP contribution in [0.15, 0.2) is 91.0 Å². The van der Waals surface area contributed by atoms with Crippen LogP contribution in [0.1, 0.15) is 45.3 Å². The number of aromatic nitrogens is 3. The zero-order chi connectivity index (χ0) is 23.6. The Bertz CT molecular complexity index is 1570. The summed E-state index contributed by atoms with van der Waals surface area (Å²) in [5.41, 5.74) is 8.19. The van der Waals surface area contributed by atoms with Gasteiger partial charge in [0.15, 0.2) is 0 Å². The minimum absolute atomic E-state index is 0.446. The average Bonchev–Trinajstić information content (AvgIpc) is 3.14. The van der Waals surface area contributed by atoms with Crippen molar-refractivity contribution in [2.75, 3.05) is 0 Å². The van der Waals surface area contributed by atoms with Crippen LogP contribution in [0.25, 0.3) is 11.1 Å². The van der Waals surface area contributed by atoms with E-state index in [1.807, 2.05) is 26.0 Å². The average molecular weight is 454 g/mol. The Morgan fingerprint density at radius 1 is 0.600 bits per heavy atom. The Balaban J connectivity index is 1.52. The van der Waals surface area contributed by atoms with E-state index in [9.17, 15) is 0 Å². The molecule has 4 aromatic carbocycles. The molecule has 1 spiro atoms. The van der Waals surface area contributed by atoms with Gasteiger partial charge in [-0.3, -0.25) is 0 Å². The highest BCUT2D eigenvalue weighted by Crippen LogP contribution is 2.61. The fraction of sp³-hybridized carbons (Fsp3) is 0.129. The molecule has 4 heteroatoms. The molecule has 0 atom stereocenters. The maximum Gasteiger partial charge on any atom is 0.136 e. The Kier molecular flexibility index (Phi) is 4.22. The normalized spacial score (nSPS) is 14.0. The van der Waals surface area contributed by atoms with Crippen molar-refractivity contribution in [3.05, 3.63) is 136 Å². The van der Waals surface area contributed by atoms with E-state index in [-0.39, 0.29) is 0 Å². The van der Waals surface area contributed by atoms with Gasteiger partial charge in [-0.1, -0.05) is 78.9 Å². The lowest BCUT2D eigenvalue weighted by molar-refractivity contribution is 0.436. The molecule has 0 radical (unpaired) electrons. The molecule has 7 rings (SSSR count). The topological polar surface area (TPSA) is 47.9 Å². The van der Waals surface area contributed by atoms with Crippen LogP contribution in [0.4, 0.5) is 0 Å². The van der Waals surface area contributed by atoms with Crippen molar-refractivity contribution in [1.29, 1.82) is 0 Å². The Hall–Kier alpha value is -4.31. The Morgan fingerprint density at radius 2 is 1.17 bits per heavy atom. The summed E-state index contributed by atoms with van der Waals surface area (Å²) in [6.45, 7) is 3.84. The first-order valence-electron chi connectivity index (χ1n) is 11.9. The summed E-state index contributed by atoms with van der Waals surface area (Å²) in [7, 11) is 0. The van der Waals surface area contributed by atoms with Crippen molar-refractivity contribution in [2.45, 2.75) is 25.7 Å². The van der Waals surface area contributed by atoms with Gasteiger partial charge in [0.1, 0.15) is 29.0 Å². The number of hydrogen-bond donors (Lipinski definition) is 0. The zero-order valence-corrected chi connectivity index (χ0v) is 19.6. The Labute approximate surface area is 204 Å². The highest BCUT2D eigenvalue weighted by atomic mass is 16.5. The van der Waals surface area contributed by atoms with Crippen LogP contribution in [0.5, 0.6) is 11.5 Å². The molecule has 0 N–H and O–H groups in total. The van der Waals surface area contributed by atoms with Gasteiger partial charge in [-0.15, -0.1) is 0 Å². The number of nitrogens with zero attached hydrogens (tertiary/aromatic N) is 3. The van der Waals surface area contributed by atoms with Crippen molar-refractivity contribution in [1.82, 2.24) is 15.0 Å². The lowest BCUT2D eigenvalue weighted by atomic mass is 9.66. The molecule has 35 heavy (non-hydrogen) atoms. The number of fused-ring (bicyclic) bond motifs is 9. The number of aryl methyl sites for hydroxylation is 2. The molecule has 0 unspecified atom stereocenters. The van der Waals surface area contributed by atoms with Crippen molar-refractivity contribution in [3.8, 4) is 22.6 Å². The van der Waals surface area contributed by atoms with Gasteiger partial charge in [0.05, 0.1) is 5.41 Å². The van der Waals surface area contributed by atoms with Crippen LogP contribution >= 0.6 is 0 Å². The van der Waals surface area contributed by atoms with Crippen LogP contribution < -0.4 is 4.74 Å². The van der Waals surface area contributed by atoms with Gasteiger partial charge in [-0.05, 0) is 53.8 Å². The van der Waals surface area contributed by atoms with E-state index in [0.29, 0.717) is 6.42 Å². The second kappa shape index (κ2) is 7.34. The van der Waals surface area contributed by atoms with E-state index in [1.54, 1.807) is 0 Å². The van der Waals surface area contributed by atoms with Gasteiger partial charge >= 0.3 is 0 Å². The summed E-state index contributed by atoms with van der Waals surface area (Å²) in [4.78, 5) is 13.5. The smallest absolute Gasteiger partial charge is 0.136 e. The van der Waals surface area contributed by atoms with Crippen LogP contribution in [0.2, 0.25) is 0 Å². The van der Waals surface area contributed by atoms with Gasteiger partial charge in [0, 0.05) is 17.5 Å². The highest BCUT2D eigenvalue weighted by Gasteiger charge is 2.50. The molecule has 0 amide bonds. The molecule has 168 valence electrons. The zero-order valence-electron chi connectivity index (χ0n) is 19.6. The number of para-hydroxylation sites is 2. The third kappa shape index (κ3) is 2.83. The van der Waals surface area contributed by atoms with Crippen LogP contribution in [-0.4, -0.2) is 15.0 Å². The minimum Gasteiger partial charge on any atom is -0.457 e. The standard InChI is InChI=1S/C31H23N3O/c1-19-32-20(2)34-30(33-19)18-21-15-16-23-22-9-3-4-10-24(22)31(27(23)17-21)25-11-5-7-13-28(25)35-29-14-8-6-12-26(29)31/h3-17H,18H2,1-2H3. The van der Waals surface area contributed by atoms with Crippen molar-refractivity contribution in [2.24, 2.45) is 0 Å². The first kappa shape index (κ1) is 20.1. The number of hydrogen-bond acceptors (Lipinski definition) is 4. The predicted octanol–water partition coefficient (Wildman–Crippen LogP) is 6.55. The third-order valence-corrected chi connectivity index (χ3v) is 7.18. The fourth-order valence-electron chi connectivity index (χ4n) is 5.96. The SMILES string of the molecule is Cc1nc(C)nc(Cc2ccc3c(c2)C2(c4ccccc4Oc4ccccc42)c2ccccc2-3)n1. The lowest BCUT2D eigenvalue weighted by Crippen LogP contribution is -2.32. The number of rotatable bonds is 2. The summed E-state index contributed by atoms with van der Waals surface area (Å²) < 4.78 is 6.42. The van der Waals surface area contributed by atoms with Crippen molar-refractivity contribution < 1.29 is 4.74 Å². The molecule has 4 nitrogen and oxygen atoms in total. The molecule has 0 fully saturated rings. The molecule has 2 heterocycles. The van der Waals surface area contributed by atoms with Gasteiger partial charge in [0.25, 0.3) is 0 Å². The molecule has 0 saturated carbocycles. The minimum atomic E-state index is -0.446. The maximum absolute atomic E-state index is 6.42. The van der Waals surface area contributed by atoms with E-state index < -0.39 is 5.41 Å². The van der Waals surface area contributed by atoms with Crippen molar-refractivity contribution in [3.63, 3.8) is 0 Å². The molecule has 1 aliphatic carbocycles. The summed E-state index contributed by atoms with van der Waals surface area (Å²) in [6.07, 6.45) is 0.656. The molecule has 1 aromatic heterocycles. The van der Waals surface area contributed by atoms with E-state index in [4.69, 9.17) is 4.74 Å². The lowest BCUT2D eigenvalue weighted by Gasteiger charge is -2.39. The molecular weight excluding hydrogens is 430 g/mol. The van der Waals surface area contributed by atoms with E-state index >= 15 is 0 Å². The maximum atomic E-state index is 6.42. The molecule has 0 saturated heterocycles. The molecule has 2 aliphatic rings. The summed E-state index contributed by atoms with van der Waals surface area (Å²) in [5.74, 6) is 4.12. The van der Waals surface area contributed by atoms with Crippen molar-refractivity contribution >= 4 is 0 Å². The fourth-order valence-corrected chi connectivity index (χ4v) is 5.96. The van der Waals surface area contributed by atoms with Crippen LogP contribution in [0.3, 0.4) is 0 Å². The quantitative estimate of drug-likeness (QED) is 0.298. The van der Waals surface area contributed by atoms with Gasteiger partial charge < -0.3 is 4.74 Å². The molecule has 0 bridgehead atoms. The molecule has 1 aliphatic heterocycles. The first-order valence-corrected chi connectivity index (χ1v) is 11.9. The molecular formula is C31H23N3O. The summed E-state index contributed by atoms with van der Waals surface area (Å²) in [5, 5.41) is 0. The number of ether oxygens (including phenoxy) is 1. The van der Waals surface area contributed by atoms with Crippen LogP contribution in [0, 0.1) is 13.8 Å². The second-order valence-electron chi connectivity index (χ2n) is 9.29. The monoisotopic (exact) mass is 453 g/mol. The van der Waals surface area contributed by atoms with Crippen LogP contribution in [-0.2, 0) is 11.8 Å². The summed E-state index contributed by atoms with van der Waals surface area (Å²) >= 11 is 0. The number of benzene rings is 4. The van der Waals surface area contributed by atoms with Gasteiger partial charge in [-0.25, -0.2) is 15.0 Å². The largest absolute Gasteiger partial charge is 0.457 e. The van der Waals surface area contributed by atoms with Gasteiger partial charge in [-0.2, -0.15) is 0 Å². The highest BCUT2D eigenvalue weighted by molar-refractivity contribution is 5.88. The summed E-state index contributed by atoms with van der Waals surface area (Å²) in [6, 6.07) is 32.5. The van der Waals surface area contributed by atoms with E-state index in [0.717, 1.165) is 29.0 Å². The van der Waals surface area contributed by atoms with E-state index in [1.165, 1.54) is 38.9 Å². The van der Waals surface area contributed by atoms with E-state index in [2.05, 4.69) is 93.8 Å². The third-order valence-electron chi connectivity index (χ3n) is 7.18. The predicted molar refractivity (Wildman–Crippen MR) is 136 cm³/mol. The van der Waals surface area contributed by atoms with Gasteiger partial charge in [0.2, 0.25) is 0 Å².